The van der Waals surface area contributed by atoms with Gasteiger partial charge in [0, 0.05) is 206 Å². The van der Waals surface area contributed by atoms with E-state index in [-0.39, 0.29) is 175 Å². The number of hydrogen-bond donors (Lipinski definition) is 8. The summed E-state index contributed by atoms with van der Waals surface area (Å²) in [5.41, 5.74) is 3.69. The molecule has 4 aromatic heterocycles. The highest BCUT2D eigenvalue weighted by atomic mass is 79.9. The third-order valence-corrected chi connectivity index (χ3v) is 30.6. The summed E-state index contributed by atoms with van der Waals surface area (Å²) in [6.07, 6.45) is 5.70. The molecule has 8 aromatic rings. The number of rotatable bonds is 34. The number of benzene rings is 4. The van der Waals surface area contributed by atoms with Crippen molar-refractivity contribution in [2.45, 2.75) is 189 Å². The van der Waals surface area contributed by atoms with Crippen LogP contribution in [0.2, 0.25) is 15.1 Å². The van der Waals surface area contributed by atoms with Crippen molar-refractivity contribution in [2.24, 2.45) is 20.0 Å². The molecule has 4 saturated heterocycles. The molecule has 798 valence electrons. The molecule has 0 saturated carbocycles. The molecule has 4 aromatic carbocycles. The fraction of sp³-hybridized carbons (Fsp3) is 0.429. The van der Waals surface area contributed by atoms with Crippen molar-refractivity contribution in [1.82, 2.24) is 60.8 Å². The van der Waals surface area contributed by atoms with Crippen LogP contribution in [-0.2, 0) is 57.3 Å². The lowest BCUT2D eigenvalue weighted by Gasteiger charge is -2.41. The number of aliphatic carboxylic acids is 4. The summed E-state index contributed by atoms with van der Waals surface area (Å²) in [4.78, 5) is 140. The van der Waals surface area contributed by atoms with Crippen LogP contribution in [0.5, 0.6) is 0 Å². The van der Waals surface area contributed by atoms with E-state index in [0.29, 0.717) is 102 Å². The van der Waals surface area contributed by atoms with Gasteiger partial charge in [0.15, 0.2) is 43.4 Å². The molecule has 0 amide bonds. The second kappa shape index (κ2) is 51.9. The van der Waals surface area contributed by atoms with Crippen LogP contribution < -0.4 is 21.3 Å². The number of likely N-dealkylation sites (tertiary alicyclic amines) is 4. The predicted octanol–water partition coefficient (Wildman–Crippen LogP) is 19.0. The number of carbonyl (C=O) groups is 8. The minimum absolute atomic E-state index is 0.0562. The Kier molecular flexibility index (Phi) is 40.1. The average molecular weight is 2340 g/mol. The van der Waals surface area contributed by atoms with Crippen molar-refractivity contribution in [2.75, 3.05) is 79.8 Å². The molecule has 149 heavy (non-hydrogen) atoms. The summed E-state index contributed by atoms with van der Waals surface area (Å²) < 4.78 is 165. The number of carbonyl (C=O) groups excluding carboxylic acids is 4. The van der Waals surface area contributed by atoms with E-state index in [1.807, 2.05) is 0 Å². The Balaban J connectivity index is 0.000000166. The Bertz CT molecular complexity index is 6270. The normalized spacial score (nSPS) is 21.7. The molecular weight excluding hydrogens is 2240 g/mol. The molecule has 8 aliphatic heterocycles. The summed E-state index contributed by atoms with van der Waals surface area (Å²) >= 11 is 31.0. The summed E-state index contributed by atoms with van der Waals surface area (Å²) in [5, 5.41) is 59.3. The van der Waals surface area contributed by atoms with Gasteiger partial charge in [-0.05, 0) is 119 Å². The van der Waals surface area contributed by atoms with Crippen molar-refractivity contribution in [1.29, 1.82) is 0 Å². The number of nitrogens with one attached hydrogen (secondary N) is 4. The molecule has 51 heteroatoms. The molecule has 8 N–H and O–H groups in total. The van der Waals surface area contributed by atoms with Gasteiger partial charge in [-0.1, -0.05) is 103 Å². The molecule has 0 spiro atoms. The van der Waals surface area contributed by atoms with E-state index < -0.39 is 158 Å². The zero-order chi connectivity index (χ0) is 108. The smallest absolute Gasteiger partial charge is 0.338 e. The lowest BCUT2D eigenvalue weighted by Crippen LogP contribution is -2.51. The largest absolute Gasteiger partial charge is 0.481 e. The Morgan fingerprint density at radius 2 is 0.671 bits per heavy atom. The Hall–Kier alpha value is -11.0. The first-order chi connectivity index (χ1) is 70.9. The van der Waals surface area contributed by atoms with Gasteiger partial charge in [-0.3, -0.25) is 58.7 Å². The highest BCUT2D eigenvalue weighted by molar-refractivity contribution is 9.10. The first-order valence-electron chi connectivity index (χ1n) is 46.8. The van der Waals surface area contributed by atoms with Gasteiger partial charge in [0.05, 0.1) is 75.9 Å². The molecule has 0 unspecified atom stereocenters. The molecule has 16 rings (SSSR count). The summed E-state index contributed by atoms with van der Waals surface area (Å²) in [6.45, 7) is 0.833. The van der Waals surface area contributed by atoms with Gasteiger partial charge in [-0.25, -0.2) is 83.0 Å². The zero-order valence-electron chi connectivity index (χ0n) is 80.0. The van der Waals surface area contributed by atoms with Crippen LogP contribution in [0.1, 0.15) is 183 Å². The molecule has 8 aliphatic rings. The Morgan fingerprint density at radius 1 is 0.396 bits per heavy atom. The molecule has 4 fully saturated rings. The van der Waals surface area contributed by atoms with Crippen LogP contribution in [-0.4, -0.2) is 259 Å². The number of methoxy groups -OCH3 is 2. The number of halogens is 15. The van der Waals surface area contributed by atoms with Crippen molar-refractivity contribution in [3.8, 4) is 0 Å². The quantitative estimate of drug-likeness (QED) is 0.0105. The number of nitrogens with zero attached hydrogens (tertiary/aromatic N) is 12. The van der Waals surface area contributed by atoms with Gasteiger partial charge < -0.3 is 60.6 Å². The average Bonchev–Trinajstić information content (AvgIpc) is 1.58. The minimum Gasteiger partial charge on any atom is -0.481 e. The zero-order valence-corrected chi connectivity index (χ0v) is 88.7. The number of piperidine rings is 4. The topological polar surface area (TPSA) is 416 Å². The molecule has 8 atom stereocenters. The van der Waals surface area contributed by atoms with Crippen LogP contribution >= 0.6 is 112 Å². The number of esters is 4. The lowest BCUT2D eigenvalue weighted by atomic mass is 9.92. The molecule has 12 heterocycles. The van der Waals surface area contributed by atoms with Gasteiger partial charge in [0.1, 0.15) is 35.8 Å². The highest BCUT2D eigenvalue weighted by Gasteiger charge is 2.49. The van der Waals surface area contributed by atoms with E-state index >= 15 is 0 Å². The molecule has 0 radical (unpaired) electrons. The summed E-state index contributed by atoms with van der Waals surface area (Å²) in [5.74, 6) is -18.2. The highest BCUT2D eigenvalue weighted by Crippen LogP contribution is 2.47. The van der Waals surface area contributed by atoms with Gasteiger partial charge in [-0.15, -0.1) is 45.3 Å². The number of amidine groups is 4. The number of hydrogen-bond acceptors (Lipinski definition) is 32. The van der Waals surface area contributed by atoms with E-state index in [0.717, 1.165) is 0 Å². The maximum absolute atomic E-state index is 14.5. The summed E-state index contributed by atoms with van der Waals surface area (Å²) in [7, 11) is 2.42. The summed E-state index contributed by atoms with van der Waals surface area (Å²) in [6, 6.07) is 14.4. The fourth-order valence-corrected chi connectivity index (χ4v) is 22.6. The van der Waals surface area contributed by atoms with Crippen LogP contribution in [0.25, 0.3) is 0 Å². The second-order valence-corrected chi connectivity index (χ2v) is 42.0. The SMILES string of the molecule is CCOC(=O)C1=C(CN2CC(F)(F)CC[C@@H]2CCC(=O)O)NC(c2nccs2)=N[C@H]1c1ccc(F)cc1Br.CCOC(=O)C1=C(CN2CC(F)(F)CC[C@H]2CCC(=O)O)NC(c2nccs2)=N[C@H]1c1ccccc1Cl.COC(=O)C1=C(CN2CC(F)(F)CC[C@@H]2CCC(=O)O)NC(c2nccs2)=N[C@H]1c1ccc(F)cc1Br.COC(=O)C1=C(CN2CC(F)(F)CC[C@H]2CCC(=O)O)NC(c2nccs2)=N[C@H]1c1ccc(Cl)cc1Cl. The fourth-order valence-electron chi connectivity index (χ4n) is 18.3. The number of thiazole rings is 4. The number of ether oxygens (including phenoxy) is 4. The van der Waals surface area contributed by atoms with Crippen LogP contribution in [0.15, 0.2) is 199 Å². The lowest BCUT2D eigenvalue weighted by molar-refractivity contribution is -0.140. The van der Waals surface area contributed by atoms with Gasteiger partial charge in [0.2, 0.25) is 0 Å². The Morgan fingerprint density at radius 3 is 0.926 bits per heavy atom. The number of carboxylic acids is 4. The van der Waals surface area contributed by atoms with Crippen molar-refractivity contribution in [3.63, 3.8) is 0 Å². The first-order valence-corrected chi connectivity index (χ1v) is 53.0. The third-order valence-electron chi connectivity index (χ3n) is 25.2. The molecule has 0 aliphatic carbocycles. The van der Waals surface area contributed by atoms with Crippen LogP contribution in [0, 0.1) is 11.6 Å². The maximum atomic E-state index is 14.5. The molecule has 0 bridgehead atoms. The Labute approximate surface area is 895 Å². The number of aliphatic imine (C=N–C) groups is 4. The van der Waals surface area contributed by atoms with Crippen molar-refractivity contribution >= 4 is 183 Å². The standard InChI is InChI=1S/C25H26BrF3N4O4S.C25H27ClF2N4O4S.C24H24BrF3N4O4S.C24H24Cl2F2N4O4S/c1-2-37-24(36)20-18(12-33-13-25(28,29)8-7-15(33)4-6-19(34)35)31-22(23-30-9-10-38-23)32-21(20)16-5-3-14(27)11-17(16)26;1-2-36-24(35)20-18(13-32-14-25(27,28)10-9-15(32)7-8-19(33)34)30-22(23-29-11-12-37-23)31-21(20)16-5-3-4-6-17(16)26;1-36-23(35)19-17(11-32-12-24(27,28)7-6-14(32)3-5-18(33)34)30-21(22-29-8-9-37-22)31-20(19)15-4-2-13(26)10-16(15)25;1-36-23(35)19-17(11-32-12-24(27,28)7-6-14(32)3-5-18(33)34)30-21(22-29-8-9-37-22)31-20(19)15-4-2-13(25)10-16(15)26/h3,5,9-11,15,21H,2,4,6-8,12-13H2,1H3,(H,31,32)(H,34,35);3-6,11-12,15,21H,2,7-10,13-14H2,1H3,(H,30,31)(H,33,34);2*2,4,8-10,14,20H,3,5-7,11-12H2,1H3,(H,30,31)(H,33,34)/t15-,21-;15-,21+;14-,20-;14-,20+/m0101/s1. The predicted molar refractivity (Wildman–Crippen MR) is 545 cm³/mol. The van der Waals surface area contributed by atoms with Gasteiger partial charge >= 0.3 is 47.8 Å². The maximum Gasteiger partial charge on any atom is 0.338 e. The van der Waals surface area contributed by atoms with Crippen LogP contribution in [0.4, 0.5) is 43.9 Å². The van der Waals surface area contributed by atoms with Crippen molar-refractivity contribution < 1.29 is 122 Å². The molecule has 32 nitrogen and oxygen atoms in total. The van der Waals surface area contributed by atoms with Gasteiger partial charge in [0.25, 0.3) is 23.7 Å². The monoisotopic (exact) mass is 2340 g/mol. The number of alkyl halides is 8. The first kappa shape index (κ1) is 115. The minimum atomic E-state index is -2.97. The van der Waals surface area contributed by atoms with Crippen molar-refractivity contribution in [3.05, 3.63) is 248 Å². The third kappa shape index (κ3) is 30.7. The van der Waals surface area contributed by atoms with E-state index in [2.05, 4.69) is 78.1 Å². The molecular formula is C98H101Br2Cl3F10N16O16S4. The van der Waals surface area contributed by atoms with E-state index in [1.54, 1.807) is 101 Å². The van der Waals surface area contributed by atoms with E-state index in [4.69, 9.17) is 78.9 Å². The number of carboxylic acid groups (broad SMARTS) is 4. The van der Waals surface area contributed by atoms with Crippen LogP contribution in [0.3, 0.4) is 0 Å². The second-order valence-electron chi connectivity index (χ2n) is 35.4. The van der Waals surface area contributed by atoms with E-state index in [1.165, 1.54) is 117 Å². The van der Waals surface area contributed by atoms with Gasteiger partial charge in [-0.2, -0.15) is 0 Å². The van der Waals surface area contributed by atoms with E-state index in [9.17, 15) is 92.5 Å². The number of aromatic nitrogens is 4.